The van der Waals surface area contributed by atoms with Gasteiger partial charge in [0.15, 0.2) is 4.21 Å². The van der Waals surface area contributed by atoms with Crippen LogP contribution < -0.4 is 5.32 Å². The first-order chi connectivity index (χ1) is 10.4. The Balaban J connectivity index is 2.33. The van der Waals surface area contributed by atoms with Gasteiger partial charge in [-0.1, -0.05) is 6.92 Å². The Morgan fingerprint density at radius 1 is 1.50 bits per heavy atom. The Bertz CT molecular complexity index is 693. The smallest absolute Gasteiger partial charge is 0.297 e. The Kier molecular flexibility index (Phi) is 5.17. The Morgan fingerprint density at radius 3 is 2.73 bits per heavy atom. The lowest BCUT2D eigenvalue weighted by Gasteiger charge is -2.18. The molecular weight excluding hydrogens is 322 g/mol. The van der Waals surface area contributed by atoms with Gasteiger partial charge in [-0.2, -0.15) is 13.5 Å². The number of thiazole rings is 1. The van der Waals surface area contributed by atoms with E-state index in [2.05, 4.69) is 26.7 Å². The molecule has 1 aliphatic rings. The molecule has 1 aliphatic heterocycles. The lowest BCUT2D eigenvalue weighted by atomic mass is 10.1. The molecule has 1 N–H and O–H groups in total. The summed E-state index contributed by atoms with van der Waals surface area (Å²) in [4.78, 5) is 4.16. The van der Waals surface area contributed by atoms with Crippen molar-refractivity contribution < 1.29 is 8.42 Å². The molecule has 1 aromatic rings. The molecule has 7 nitrogen and oxygen atoms in total. The zero-order valence-electron chi connectivity index (χ0n) is 13.2. The van der Waals surface area contributed by atoms with Crippen molar-refractivity contribution in [1.29, 1.82) is 0 Å². The van der Waals surface area contributed by atoms with Gasteiger partial charge in [0, 0.05) is 18.7 Å². The summed E-state index contributed by atoms with van der Waals surface area (Å²) < 4.78 is 29.2. The van der Waals surface area contributed by atoms with Crippen LogP contribution in [0.15, 0.2) is 13.7 Å². The molecule has 0 saturated carbocycles. The molecule has 0 radical (unpaired) electrons. The van der Waals surface area contributed by atoms with Gasteiger partial charge in [-0.25, -0.2) is 9.99 Å². The highest BCUT2D eigenvalue weighted by molar-refractivity contribution is 7.92. The van der Waals surface area contributed by atoms with Crippen LogP contribution in [-0.4, -0.2) is 43.7 Å². The maximum Gasteiger partial charge on any atom is 0.297 e. The molecule has 9 heteroatoms. The van der Waals surface area contributed by atoms with Gasteiger partial charge in [-0.05, 0) is 27.2 Å². The monoisotopic (exact) mass is 343 g/mol. The summed E-state index contributed by atoms with van der Waals surface area (Å²) in [5.41, 5.74) is 0.485. The van der Waals surface area contributed by atoms with Crippen LogP contribution in [0.3, 0.4) is 0 Å². The second kappa shape index (κ2) is 6.74. The summed E-state index contributed by atoms with van der Waals surface area (Å²) in [6.07, 6.45) is 2.79. The summed E-state index contributed by atoms with van der Waals surface area (Å²) in [6, 6.07) is 0. The highest BCUT2D eigenvalue weighted by Gasteiger charge is 2.25. The van der Waals surface area contributed by atoms with E-state index in [0.717, 1.165) is 17.8 Å². The summed E-state index contributed by atoms with van der Waals surface area (Å²) in [5, 5.41) is 9.56. The van der Waals surface area contributed by atoms with Gasteiger partial charge in [-0.15, -0.1) is 15.7 Å². The fourth-order valence-corrected chi connectivity index (χ4v) is 4.53. The Labute approximate surface area is 135 Å². The lowest BCUT2D eigenvalue weighted by molar-refractivity contribution is 0.426. The maximum absolute atomic E-state index is 12.5. The fourth-order valence-electron chi connectivity index (χ4n) is 2.10. The van der Waals surface area contributed by atoms with E-state index in [1.165, 1.54) is 0 Å². The summed E-state index contributed by atoms with van der Waals surface area (Å²) in [7, 11) is -3.79. The predicted molar refractivity (Wildman–Crippen MR) is 88.9 cm³/mol. The van der Waals surface area contributed by atoms with Crippen molar-refractivity contribution >= 4 is 33.5 Å². The zero-order chi connectivity index (χ0) is 16.3. The molecule has 0 amide bonds. The summed E-state index contributed by atoms with van der Waals surface area (Å²) in [6.45, 7) is 8.63. The molecule has 0 bridgehead atoms. The molecule has 2 rings (SSSR count). The van der Waals surface area contributed by atoms with E-state index in [4.69, 9.17) is 0 Å². The van der Waals surface area contributed by atoms with Crippen molar-refractivity contribution in [2.45, 2.75) is 38.3 Å². The zero-order valence-corrected chi connectivity index (χ0v) is 14.8. The number of nitrogens with one attached hydrogen (secondary N) is 1. The normalized spacial score (nSPS) is 19.0. The first-order valence-electron chi connectivity index (χ1n) is 7.21. The van der Waals surface area contributed by atoms with Gasteiger partial charge < -0.3 is 5.32 Å². The number of hydrogen-bond acceptors (Lipinski definition) is 5. The van der Waals surface area contributed by atoms with Gasteiger partial charge >= 0.3 is 0 Å². The third kappa shape index (κ3) is 3.64. The molecule has 0 spiro atoms. The molecule has 1 atom stereocenters. The van der Waals surface area contributed by atoms with Crippen LogP contribution in [-0.2, 0) is 10.0 Å². The van der Waals surface area contributed by atoms with Crippen molar-refractivity contribution in [2.75, 3.05) is 13.1 Å². The van der Waals surface area contributed by atoms with Gasteiger partial charge in [0.2, 0.25) is 5.96 Å². The molecule has 1 aromatic heterocycles. The molecule has 0 aliphatic carbocycles. The number of hydrogen-bond donors (Lipinski definition) is 1. The minimum absolute atomic E-state index is 0.190. The van der Waals surface area contributed by atoms with Crippen molar-refractivity contribution in [3.05, 3.63) is 10.7 Å². The fraction of sp³-hybridized carbons (Fsp3) is 0.615. The summed E-state index contributed by atoms with van der Waals surface area (Å²) >= 11 is 1.14. The average Bonchev–Trinajstić information content (AvgIpc) is 3.04. The van der Waals surface area contributed by atoms with E-state index in [1.54, 1.807) is 18.9 Å². The van der Waals surface area contributed by atoms with E-state index in [0.29, 0.717) is 29.7 Å². The van der Waals surface area contributed by atoms with E-state index in [9.17, 15) is 8.42 Å². The number of rotatable bonds is 4. The number of aryl methyl sites for hydroxylation is 2. The molecule has 122 valence electrons. The molecule has 0 aromatic carbocycles. The van der Waals surface area contributed by atoms with Crippen LogP contribution in [0.4, 0.5) is 0 Å². The van der Waals surface area contributed by atoms with E-state index < -0.39 is 10.0 Å². The number of aromatic nitrogens is 1. The van der Waals surface area contributed by atoms with Crippen molar-refractivity contribution in [3.63, 3.8) is 0 Å². The standard InChI is InChI=1S/C13H21N5O2S2/c1-5-11-7-15-18(8-11)13(14-6-2)17-22(19,20)12-9(3)16-10(4)21-12/h7,11H,5-6,8H2,1-4H3,(H,14,17). The largest absolute Gasteiger partial charge is 0.354 e. The number of guanidine groups is 1. The molecule has 0 saturated heterocycles. The van der Waals surface area contributed by atoms with Crippen molar-refractivity contribution in [2.24, 2.45) is 15.4 Å². The highest BCUT2D eigenvalue weighted by Crippen LogP contribution is 2.25. The highest BCUT2D eigenvalue weighted by atomic mass is 32.2. The molecular formula is C13H21N5O2S2. The van der Waals surface area contributed by atoms with Crippen LogP contribution in [0.2, 0.25) is 0 Å². The van der Waals surface area contributed by atoms with Crippen LogP contribution >= 0.6 is 11.3 Å². The van der Waals surface area contributed by atoms with Gasteiger partial charge in [0.25, 0.3) is 10.0 Å². The first kappa shape index (κ1) is 16.9. The van der Waals surface area contributed by atoms with Crippen molar-refractivity contribution in [3.8, 4) is 0 Å². The Morgan fingerprint density at radius 2 is 2.23 bits per heavy atom. The maximum atomic E-state index is 12.5. The van der Waals surface area contributed by atoms with E-state index >= 15 is 0 Å². The minimum Gasteiger partial charge on any atom is -0.354 e. The number of sulfonamides is 1. The van der Waals surface area contributed by atoms with Gasteiger partial charge in [0.05, 0.1) is 17.2 Å². The molecule has 1 unspecified atom stereocenters. The quantitative estimate of drug-likeness (QED) is 0.665. The Hall–Kier alpha value is -1.48. The number of hydrazone groups is 1. The van der Waals surface area contributed by atoms with Crippen LogP contribution in [0.25, 0.3) is 0 Å². The third-order valence-electron chi connectivity index (χ3n) is 3.23. The minimum atomic E-state index is -3.79. The average molecular weight is 343 g/mol. The SMILES string of the molecule is CCN/C(=N\S(=O)(=O)c1sc(C)nc1C)N1CC(CC)C=N1. The predicted octanol–water partition coefficient (Wildman–Crippen LogP) is 1.74. The molecule has 22 heavy (non-hydrogen) atoms. The van der Waals surface area contributed by atoms with E-state index in [1.807, 2.05) is 13.1 Å². The summed E-state index contributed by atoms with van der Waals surface area (Å²) in [5.74, 6) is 0.582. The topological polar surface area (TPSA) is 87.0 Å². The van der Waals surface area contributed by atoms with Gasteiger partial charge in [0.1, 0.15) is 0 Å². The molecule has 0 fully saturated rings. The second-order valence-electron chi connectivity index (χ2n) is 5.04. The van der Waals surface area contributed by atoms with Crippen molar-refractivity contribution in [1.82, 2.24) is 15.3 Å². The van der Waals surface area contributed by atoms with Gasteiger partial charge in [-0.3, -0.25) is 0 Å². The number of nitrogens with zero attached hydrogens (tertiary/aromatic N) is 4. The molecule has 2 heterocycles. The third-order valence-corrected chi connectivity index (χ3v) is 6.16. The lowest BCUT2D eigenvalue weighted by Crippen LogP contribution is -2.38. The second-order valence-corrected chi connectivity index (χ2v) is 8.04. The van der Waals surface area contributed by atoms with Crippen LogP contribution in [0.5, 0.6) is 0 Å². The first-order valence-corrected chi connectivity index (χ1v) is 9.47. The van der Waals surface area contributed by atoms with Crippen LogP contribution in [0, 0.1) is 19.8 Å². The van der Waals surface area contributed by atoms with E-state index in [-0.39, 0.29) is 10.2 Å². The van der Waals surface area contributed by atoms with Crippen LogP contribution in [0.1, 0.15) is 31.0 Å².